The molecule has 3 atom stereocenters. The van der Waals surface area contributed by atoms with E-state index in [-0.39, 0.29) is 76.9 Å². The number of aryl methyl sites for hydroxylation is 1. The molecule has 0 heterocycles. The summed E-state index contributed by atoms with van der Waals surface area (Å²) in [6.07, 6.45) is -0.209. The van der Waals surface area contributed by atoms with Crippen LogP contribution in [0.5, 0.6) is 5.75 Å². The highest BCUT2D eigenvalue weighted by Gasteiger charge is 2.29. The fourth-order valence-corrected chi connectivity index (χ4v) is 5.94. The summed E-state index contributed by atoms with van der Waals surface area (Å²) in [5.41, 5.74) is 0.787. The second-order valence-electron chi connectivity index (χ2n) is 9.39. The van der Waals surface area contributed by atoms with E-state index >= 15 is 0 Å². The van der Waals surface area contributed by atoms with E-state index in [9.17, 15) is 33.6 Å². The Labute approximate surface area is 248 Å². The van der Waals surface area contributed by atoms with Crippen LogP contribution in [0.1, 0.15) is 62.9 Å². The van der Waals surface area contributed by atoms with Gasteiger partial charge in [-0.1, -0.05) is 29.6 Å². The molecule has 0 amide bonds. The third-order valence-corrected chi connectivity index (χ3v) is 8.20. The van der Waals surface area contributed by atoms with Crippen molar-refractivity contribution in [2.24, 2.45) is 17.8 Å². The summed E-state index contributed by atoms with van der Waals surface area (Å²) in [7, 11) is 0. The zero-order valence-corrected chi connectivity index (χ0v) is 25.9. The summed E-state index contributed by atoms with van der Waals surface area (Å²) in [5.74, 6) is -4.29. The van der Waals surface area contributed by atoms with Crippen molar-refractivity contribution in [3.8, 4) is 5.75 Å². The maximum Gasteiger partial charge on any atom is 0.315 e. The number of benzene rings is 1. The Bertz CT molecular complexity index is 1120. The van der Waals surface area contributed by atoms with Crippen LogP contribution in [-0.2, 0) is 33.5 Å². The maximum absolute atomic E-state index is 13.1. The zero-order chi connectivity index (χ0) is 30.4. The van der Waals surface area contributed by atoms with Gasteiger partial charge < -0.3 is 23.9 Å². The first kappa shape index (κ1) is 35.6. The highest BCUT2D eigenvalue weighted by molar-refractivity contribution is 8.14. The van der Waals surface area contributed by atoms with E-state index in [4.69, 9.17) is 9.47 Å². The minimum Gasteiger partial charge on any atom is -0.466 e. The van der Waals surface area contributed by atoms with Crippen molar-refractivity contribution in [3.63, 3.8) is 0 Å². The molecule has 9 nitrogen and oxygen atoms in total. The maximum atomic E-state index is 13.1. The number of ether oxygens (including phenoxy) is 2. The summed E-state index contributed by atoms with van der Waals surface area (Å²) >= 11 is 5.78. The molecule has 0 N–H and O–H groups in total. The predicted molar refractivity (Wildman–Crippen MR) is 158 cm³/mol. The van der Waals surface area contributed by atoms with Gasteiger partial charge in [-0.25, -0.2) is 0 Å². The van der Waals surface area contributed by atoms with Gasteiger partial charge in [0.15, 0.2) is 5.12 Å². The molecule has 0 aliphatic rings. The van der Waals surface area contributed by atoms with Crippen molar-refractivity contribution in [2.45, 2.75) is 53.9 Å². The van der Waals surface area contributed by atoms with Gasteiger partial charge in [0.25, 0.3) is 0 Å². The number of ketones is 3. The second-order valence-corrected chi connectivity index (χ2v) is 11.8. The van der Waals surface area contributed by atoms with Crippen LogP contribution in [0.25, 0.3) is 0 Å². The molecule has 3 unspecified atom stereocenters. The van der Waals surface area contributed by atoms with Gasteiger partial charge in [0.2, 0.25) is 5.12 Å². The van der Waals surface area contributed by atoms with Crippen molar-refractivity contribution < 1.29 is 43.0 Å². The van der Waals surface area contributed by atoms with Crippen molar-refractivity contribution in [1.82, 2.24) is 0 Å². The van der Waals surface area contributed by atoms with Crippen LogP contribution in [0.4, 0.5) is 0 Å². The van der Waals surface area contributed by atoms with Crippen molar-refractivity contribution in [2.75, 3.05) is 23.9 Å². The molecular formula is C28H36O9S3. The Morgan fingerprint density at radius 2 is 1.32 bits per heavy atom. The standard InChI is InChI=1S/C28H36O9S3/c1-6-36-25(32)21(11-18(4)30)14-40-28(35)23-8-7-16(2)9-24(23)37-26(33)22(12-19(5)31)15-39-27(34)20(13-38)10-17(3)29/h7-9,20-22,38H,6,10-15H2,1-5H3. The molecule has 0 bridgehead atoms. The Hall–Kier alpha value is -2.44. The molecule has 0 aliphatic carbocycles. The highest BCUT2D eigenvalue weighted by atomic mass is 32.2. The fourth-order valence-electron chi connectivity index (χ4n) is 3.57. The zero-order valence-electron chi connectivity index (χ0n) is 23.4. The first-order valence-electron chi connectivity index (χ1n) is 12.7. The van der Waals surface area contributed by atoms with E-state index in [0.29, 0.717) is 5.56 Å². The van der Waals surface area contributed by atoms with E-state index in [0.717, 1.165) is 23.5 Å². The Balaban J connectivity index is 3.07. The topological polar surface area (TPSA) is 138 Å². The van der Waals surface area contributed by atoms with Crippen molar-refractivity contribution in [3.05, 3.63) is 29.3 Å². The quantitative estimate of drug-likeness (QED) is 0.153. The van der Waals surface area contributed by atoms with Crippen LogP contribution >= 0.6 is 36.2 Å². The van der Waals surface area contributed by atoms with Crippen molar-refractivity contribution >= 4 is 75.7 Å². The molecule has 0 fully saturated rings. The fraction of sp³-hybridized carbons (Fsp3) is 0.536. The number of esters is 2. The van der Waals surface area contributed by atoms with Gasteiger partial charge in [-0.3, -0.25) is 19.2 Å². The molecule has 0 aliphatic heterocycles. The first-order chi connectivity index (χ1) is 18.8. The van der Waals surface area contributed by atoms with Gasteiger partial charge in [0, 0.05) is 42.4 Å². The number of hydrogen-bond donors (Lipinski definition) is 1. The molecule has 1 aromatic rings. The molecule has 12 heteroatoms. The number of carbonyl (C=O) groups is 7. The monoisotopic (exact) mass is 612 g/mol. The Morgan fingerprint density at radius 3 is 1.85 bits per heavy atom. The average Bonchev–Trinajstić information content (AvgIpc) is 2.86. The summed E-state index contributed by atoms with van der Waals surface area (Å²) in [5, 5.41) is -0.787. The van der Waals surface area contributed by atoms with Gasteiger partial charge in [-0.05, 0) is 52.3 Å². The van der Waals surface area contributed by atoms with Gasteiger partial charge in [0.05, 0.1) is 24.0 Å². The van der Waals surface area contributed by atoms with Crippen LogP contribution in [-0.4, -0.2) is 63.4 Å². The molecule has 0 aromatic heterocycles. The lowest BCUT2D eigenvalue weighted by Gasteiger charge is -2.18. The molecule has 220 valence electrons. The van der Waals surface area contributed by atoms with Crippen LogP contribution in [0, 0.1) is 24.7 Å². The minimum atomic E-state index is -0.968. The van der Waals surface area contributed by atoms with Gasteiger partial charge in [-0.15, -0.1) is 0 Å². The minimum absolute atomic E-state index is 0.00318. The van der Waals surface area contributed by atoms with E-state index in [1.165, 1.54) is 32.9 Å². The molecule has 0 radical (unpaired) electrons. The molecule has 0 saturated heterocycles. The number of Topliss-reactive ketones (excluding diaryl/α,β-unsaturated/α-hetero) is 3. The second kappa shape index (κ2) is 18.1. The third kappa shape index (κ3) is 12.8. The average molecular weight is 613 g/mol. The number of thiol groups is 1. The summed E-state index contributed by atoms with van der Waals surface area (Å²) in [6.45, 7) is 7.58. The third-order valence-electron chi connectivity index (χ3n) is 5.52. The molecular weight excluding hydrogens is 577 g/mol. The molecule has 0 saturated carbocycles. The van der Waals surface area contributed by atoms with Crippen LogP contribution in [0.3, 0.4) is 0 Å². The summed E-state index contributed by atoms with van der Waals surface area (Å²) < 4.78 is 10.6. The van der Waals surface area contributed by atoms with Crippen LogP contribution in [0.2, 0.25) is 0 Å². The molecule has 40 heavy (non-hydrogen) atoms. The number of thioether (sulfide) groups is 2. The lowest BCUT2D eigenvalue weighted by Crippen LogP contribution is -2.27. The predicted octanol–water partition coefficient (Wildman–Crippen LogP) is 4.31. The normalized spacial score (nSPS) is 13.1. The number of hydrogen-bond acceptors (Lipinski definition) is 12. The Morgan fingerprint density at radius 1 is 0.800 bits per heavy atom. The first-order valence-corrected chi connectivity index (χ1v) is 15.3. The largest absolute Gasteiger partial charge is 0.466 e. The van der Waals surface area contributed by atoms with E-state index < -0.39 is 34.8 Å². The van der Waals surface area contributed by atoms with Crippen LogP contribution in [0.15, 0.2) is 18.2 Å². The number of rotatable bonds is 17. The van der Waals surface area contributed by atoms with Gasteiger partial charge in [0.1, 0.15) is 23.1 Å². The summed E-state index contributed by atoms with van der Waals surface area (Å²) in [4.78, 5) is 85.9. The van der Waals surface area contributed by atoms with E-state index in [1.54, 1.807) is 19.9 Å². The SMILES string of the molecule is CCOC(=O)C(CSC(=O)c1ccc(C)cc1OC(=O)C(CSC(=O)C(CS)CC(C)=O)CC(C)=O)CC(C)=O. The summed E-state index contributed by atoms with van der Waals surface area (Å²) in [6, 6.07) is 4.67. The lowest BCUT2D eigenvalue weighted by molar-refractivity contribution is -0.148. The molecule has 1 aromatic carbocycles. The van der Waals surface area contributed by atoms with E-state index in [2.05, 4.69) is 12.6 Å². The van der Waals surface area contributed by atoms with E-state index in [1.807, 2.05) is 0 Å². The Kier molecular flexibility index (Phi) is 16.1. The highest BCUT2D eigenvalue weighted by Crippen LogP contribution is 2.29. The van der Waals surface area contributed by atoms with Crippen molar-refractivity contribution in [1.29, 1.82) is 0 Å². The van der Waals surface area contributed by atoms with Gasteiger partial charge in [-0.2, -0.15) is 12.6 Å². The molecule has 0 spiro atoms. The van der Waals surface area contributed by atoms with Gasteiger partial charge >= 0.3 is 11.9 Å². The smallest absolute Gasteiger partial charge is 0.315 e. The lowest BCUT2D eigenvalue weighted by atomic mass is 10.1. The molecule has 1 rings (SSSR count). The number of carbonyl (C=O) groups excluding carboxylic acids is 7. The van der Waals surface area contributed by atoms with Crippen LogP contribution < -0.4 is 4.74 Å².